The number of benzene rings is 1. The number of anilines is 1. The Morgan fingerprint density at radius 2 is 2.29 bits per heavy atom. The predicted octanol–water partition coefficient (Wildman–Crippen LogP) is 1.42. The molecule has 1 aromatic carbocycles. The van der Waals surface area contributed by atoms with Gasteiger partial charge in [0.05, 0.1) is 6.61 Å². The number of aliphatic hydroxyl groups excluding tert-OH is 1. The van der Waals surface area contributed by atoms with Crippen LogP contribution in [0.15, 0.2) is 18.2 Å². The average Bonchev–Trinajstić information content (AvgIpc) is 2.16. The van der Waals surface area contributed by atoms with Crippen LogP contribution in [0.25, 0.3) is 0 Å². The largest absolute Gasteiger partial charge is 0.490 e. The fourth-order valence-corrected chi connectivity index (χ4v) is 0.919. The fourth-order valence-electron chi connectivity index (χ4n) is 0.919. The van der Waals surface area contributed by atoms with Crippen molar-refractivity contribution in [2.24, 2.45) is 5.92 Å². The molecule has 0 aliphatic rings. The molecule has 3 N–H and O–H groups in total. The maximum atomic E-state index is 13.1. The van der Waals surface area contributed by atoms with Crippen molar-refractivity contribution in [2.45, 2.75) is 6.92 Å². The summed E-state index contributed by atoms with van der Waals surface area (Å²) in [4.78, 5) is 0. The van der Waals surface area contributed by atoms with Gasteiger partial charge >= 0.3 is 0 Å². The molecule has 0 heterocycles. The van der Waals surface area contributed by atoms with Gasteiger partial charge in [0.15, 0.2) is 11.6 Å². The molecule has 0 aliphatic carbocycles. The van der Waals surface area contributed by atoms with Crippen LogP contribution in [0, 0.1) is 11.7 Å². The molecule has 0 spiro atoms. The van der Waals surface area contributed by atoms with Gasteiger partial charge in [0.2, 0.25) is 0 Å². The van der Waals surface area contributed by atoms with E-state index in [1.807, 2.05) is 6.92 Å². The van der Waals surface area contributed by atoms with Gasteiger partial charge in [0, 0.05) is 24.3 Å². The van der Waals surface area contributed by atoms with Gasteiger partial charge in [-0.2, -0.15) is 0 Å². The lowest BCUT2D eigenvalue weighted by Gasteiger charge is -2.11. The first-order valence-corrected chi connectivity index (χ1v) is 4.42. The SMILES string of the molecule is CC(CO)COc1ccc(N)cc1F. The molecule has 78 valence electrons. The van der Waals surface area contributed by atoms with Crippen molar-refractivity contribution in [1.82, 2.24) is 0 Å². The first-order valence-electron chi connectivity index (χ1n) is 4.42. The summed E-state index contributed by atoms with van der Waals surface area (Å²) in [6.07, 6.45) is 0. The average molecular weight is 199 g/mol. The number of hydrogen-bond acceptors (Lipinski definition) is 3. The van der Waals surface area contributed by atoms with Crippen molar-refractivity contribution < 1.29 is 14.2 Å². The molecule has 1 rings (SSSR count). The summed E-state index contributed by atoms with van der Waals surface area (Å²) in [5, 5.41) is 8.73. The van der Waals surface area contributed by atoms with Gasteiger partial charge in [-0.15, -0.1) is 0 Å². The molecule has 1 unspecified atom stereocenters. The molecule has 1 atom stereocenters. The maximum Gasteiger partial charge on any atom is 0.167 e. The zero-order valence-electron chi connectivity index (χ0n) is 8.03. The van der Waals surface area contributed by atoms with E-state index in [1.54, 1.807) is 6.07 Å². The van der Waals surface area contributed by atoms with Crippen LogP contribution in [0.2, 0.25) is 0 Å². The van der Waals surface area contributed by atoms with Crippen LogP contribution in [0.1, 0.15) is 6.92 Å². The molecule has 0 radical (unpaired) electrons. The second kappa shape index (κ2) is 4.81. The summed E-state index contributed by atoms with van der Waals surface area (Å²) < 4.78 is 18.3. The number of rotatable bonds is 4. The minimum absolute atomic E-state index is 0.00745. The van der Waals surface area contributed by atoms with Crippen molar-refractivity contribution in [2.75, 3.05) is 18.9 Å². The Morgan fingerprint density at radius 1 is 1.57 bits per heavy atom. The highest BCUT2D eigenvalue weighted by Crippen LogP contribution is 2.19. The van der Waals surface area contributed by atoms with Crippen LogP contribution in [0.5, 0.6) is 5.75 Å². The van der Waals surface area contributed by atoms with Gasteiger partial charge in [0.25, 0.3) is 0 Å². The molecule has 14 heavy (non-hydrogen) atoms. The van der Waals surface area contributed by atoms with Crippen molar-refractivity contribution >= 4 is 5.69 Å². The minimum atomic E-state index is -0.477. The summed E-state index contributed by atoms with van der Waals surface area (Å²) >= 11 is 0. The Labute approximate surface area is 82.3 Å². The van der Waals surface area contributed by atoms with Crippen LogP contribution in [-0.2, 0) is 0 Å². The summed E-state index contributed by atoms with van der Waals surface area (Å²) in [6, 6.07) is 4.26. The van der Waals surface area contributed by atoms with E-state index in [2.05, 4.69) is 0 Å². The molecular formula is C10H14FNO2. The number of nitrogen functional groups attached to an aromatic ring is 1. The van der Waals surface area contributed by atoms with Crippen LogP contribution >= 0.6 is 0 Å². The standard InChI is InChI=1S/C10H14FNO2/c1-7(5-13)6-14-10-3-2-8(12)4-9(10)11/h2-4,7,13H,5-6,12H2,1H3. The van der Waals surface area contributed by atoms with E-state index < -0.39 is 5.82 Å². The Morgan fingerprint density at radius 3 is 2.86 bits per heavy atom. The third kappa shape index (κ3) is 2.88. The summed E-state index contributed by atoms with van der Waals surface area (Å²) in [7, 11) is 0. The molecule has 0 aromatic heterocycles. The minimum Gasteiger partial charge on any atom is -0.490 e. The highest BCUT2D eigenvalue weighted by molar-refractivity contribution is 5.42. The van der Waals surface area contributed by atoms with E-state index in [9.17, 15) is 4.39 Å². The second-order valence-corrected chi connectivity index (χ2v) is 3.29. The van der Waals surface area contributed by atoms with Gasteiger partial charge in [-0.3, -0.25) is 0 Å². The quantitative estimate of drug-likeness (QED) is 0.721. The second-order valence-electron chi connectivity index (χ2n) is 3.29. The van der Waals surface area contributed by atoms with Crippen molar-refractivity contribution in [3.05, 3.63) is 24.0 Å². The van der Waals surface area contributed by atoms with Gasteiger partial charge in [0.1, 0.15) is 0 Å². The summed E-state index contributed by atoms with van der Waals surface area (Å²) in [6.45, 7) is 2.13. The highest BCUT2D eigenvalue weighted by Gasteiger charge is 2.05. The number of hydrogen-bond donors (Lipinski definition) is 2. The number of ether oxygens (including phenoxy) is 1. The third-order valence-corrected chi connectivity index (χ3v) is 1.79. The maximum absolute atomic E-state index is 13.1. The zero-order valence-corrected chi connectivity index (χ0v) is 8.03. The van der Waals surface area contributed by atoms with Crippen molar-refractivity contribution in [3.8, 4) is 5.75 Å². The van der Waals surface area contributed by atoms with Crippen molar-refractivity contribution in [3.63, 3.8) is 0 Å². The Bertz CT molecular complexity index is 304. The van der Waals surface area contributed by atoms with Gasteiger partial charge in [-0.1, -0.05) is 6.92 Å². The van der Waals surface area contributed by atoms with E-state index in [1.165, 1.54) is 12.1 Å². The smallest absolute Gasteiger partial charge is 0.167 e. The normalized spacial score (nSPS) is 12.5. The number of aliphatic hydroxyl groups is 1. The topological polar surface area (TPSA) is 55.5 Å². The number of halogens is 1. The molecule has 0 saturated carbocycles. The lowest BCUT2D eigenvalue weighted by atomic mass is 10.2. The molecule has 4 heteroatoms. The first kappa shape index (κ1) is 10.8. The van der Waals surface area contributed by atoms with Crippen LogP contribution in [-0.4, -0.2) is 18.3 Å². The van der Waals surface area contributed by atoms with E-state index in [4.69, 9.17) is 15.6 Å². The Balaban J connectivity index is 2.59. The zero-order chi connectivity index (χ0) is 10.6. The fraction of sp³-hybridized carbons (Fsp3) is 0.400. The van der Waals surface area contributed by atoms with E-state index in [-0.39, 0.29) is 24.9 Å². The molecule has 1 aromatic rings. The molecule has 0 bridgehead atoms. The molecule has 0 fully saturated rings. The summed E-state index contributed by atoms with van der Waals surface area (Å²) in [5.74, 6) is -0.318. The van der Waals surface area contributed by atoms with E-state index in [0.29, 0.717) is 5.69 Å². The Hall–Kier alpha value is -1.29. The monoisotopic (exact) mass is 199 g/mol. The van der Waals surface area contributed by atoms with E-state index >= 15 is 0 Å². The van der Waals surface area contributed by atoms with Crippen molar-refractivity contribution in [1.29, 1.82) is 0 Å². The lowest BCUT2D eigenvalue weighted by molar-refractivity contribution is 0.171. The molecule has 0 aliphatic heterocycles. The summed E-state index contributed by atoms with van der Waals surface area (Å²) in [5.41, 5.74) is 5.74. The number of nitrogens with two attached hydrogens (primary N) is 1. The van der Waals surface area contributed by atoms with Crippen LogP contribution in [0.3, 0.4) is 0 Å². The van der Waals surface area contributed by atoms with E-state index in [0.717, 1.165) is 0 Å². The lowest BCUT2D eigenvalue weighted by Crippen LogP contribution is -2.12. The van der Waals surface area contributed by atoms with Gasteiger partial charge < -0.3 is 15.6 Å². The molecule has 3 nitrogen and oxygen atoms in total. The van der Waals surface area contributed by atoms with Crippen LogP contribution in [0.4, 0.5) is 10.1 Å². The van der Waals surface area contributed by atoms with Gasteiger partial charge in [-0.25, -0.2) is 4.39 Å². The molecular weight excluding hydrogens is 185 g/mol. The predicted molar refractivity (Wildman–Crippen MR) is 52.6 cm³/mol. The molecule has 0 saturated heterocycles. The highest BCUT2D eigenvalue weighted by atomic mass is 19.1. The molecule has 0 amide bonds. The Kier molecular flexibility index (Phi) is 3.71. The first-order chi connectivity index (χ1) is 6.63. The van der Waals surface area contributed by atoms with Gasteiger partial charge in [-0.05, 0) is 12.1 Å². The van der Waals surface area contributed by atoms with Crippen LogP contribution < -0.4 is 10.5 Å². The third-order valence-electron chi connectivity index (χ3n) is 1.79.